The van der Waals surface area contributed by atoms with Gasteiger partial charge in [-0.3, -0.25) is 9.59 Å². The average Bonchev–Trinajstić information content (AvgIpc) is 2.40. The maximum absolute atomic E-state index is 12.0. The van der Waals surface area contributed by atoms with Crippen molar-refractivity contribution in [3.63, 3.8) is 0 Å². The maximum atomic E-state index is 12.0. The van der Waals surface area contributed by atoms with Crippen LogP contribution in [0, 0.1) is 0 Å². The number of benzene rings is 1. The molecule has 0 heterocycles. The van der Waals surface area contributed by atoms with Gasteiger partial charge in [0.1, 0.15) is 6.54 Å². The minimum Gasteiger partial charge on any atom is -0.480 e. The molecule has 0 aliphatic heterocycles. The molecule has 0 spiro atoms. The van der Waals surface area contributed by atoms with Crippen molar-refractivity contribution in [3.05, 3.63) is 34.9 Å². The van der Waals surface area contributed by atoms with Crippen molar-refractivity contribution in [3.8, 4) is 0 Å². The summed E-state index contributed by atoms with van der Waals surface area (Å²) in [6.07, 6.45) is 0.848. The number of carboxylic acid groups (broad SMARTS) is 1. The van der Waals surface area contributed by atoms with E-state index in [1.54, 1.807) is 31.4 Å². The molecule has 0 aliphatic carbocycles. The molecule has 0 atom stereocenters. The zero-order valence-electron chi connectivity index (χ0n) is 11.3. The Bertz CT molecular complexity index is 447. The Kier molecular flexibility index (Phi) is 7.04. The molecule has 0 fully saturated rings. The molecule has 5 nitrogen and oxygen atoms in total. The number of amides is 1. The molecule has 1 aromatic carbocycles. The van der Waals surface area contributed by atoms with E-state index in [4.69, 9.17) is 21.4 Å². The van der Waals surface area contributed by atoms with Gasteiger partial charge in [-0.15, -0.1) is 0 Å². The summed E-state index contributed by atoms with van der Waals surface area (Å²) in [5, 5.41) is 9.49. The normalized spacial score (nSPS) is 10.3. The first-order chi connectivity index (χ1) is 9.52. The van der Waals surface area contributed by atoms with E-state index < -0.39 is 5.97 Å². The molecule has 110 valence electrons. The number of carbonyl (C=O) groups excluding carboxylic acids is 1. The molecule has 0 saturated carbocycles. The van der Waals surface area contributed by atoms with Crippen molar-refractivity contribution >= 4 is 23.5 Å². The fourth-order valence-electron chi connectivity index (χ4n) is 1.73. The summed E-state index contributed by atoms with van der Waals surface area (Å²) in [4.78, 5) is 24.2. The number of ether oxygens (including phenoxy) is 1. The molecule has 0 unspecified atom stereocenters. The van der Waals surface area contributed by atoms with E-state index in [0.717, 1.165) is 5.56 Å². The Hall–Kier alpha value is -1.59. The summed E-state index contributed by atoms with van der Waals surface area (Å²) in [5.41, 5.74) is 0.843. The van der Waals surface area contributed by atoms with Crippen molar-refractivity contribution in [2.75, 3.05) is 20.3 Å². The van der Waals surface area contributed by atoms with Crippen LogP contribution in [0.1, 0.15) is 18.4 Å². The van der Waals surface area contributed by atoms with E-state index in [1.165, 1.54) is 4.90 Å². The van der Waals surface area contributed by atoms with E-state index in [9.17, 15) is 9.59 Å². The Balaban J connectivity index is 2.65. The van der Waals surface area contributed by atoms with Gasteiger partial charge in [0, 0.05) is 31.7 Å². The Morgan fingerprint density at radius 2 is 1.95 bits per heavy atom. The second-order valence-electron chi connectivity index (χ2n) is 4.37. The lowest BCUT2D eigenvalue weighted by molar-refractivity contribution is -0.145. The van der Waals surface area contributed by atoms with Crippen LogP contribution in [0.15, 0.2) is 24.3 Å². The monoisotopic (exact) mass is 299 g/mol. The highest BCUT2D eigenvalue weighted by Gasteiger charge is 2.16. The van der Waals surface area contributed by atoms with Gasteiger partial charge < -0.3 is 14.7 Å². The molecule has 1 rings (SSSR count). The molecule has 1 amide bonds. The summed E-state index contributed by atoms with van der Waals surface area (Å²) >= 11 is 5.79. The fraction of sp³-hybridized carbons (Fsp3) is 0.429. The predicted molar refractivity (Wildman–Crippen MR) is 75.6 cm³/mol. The van der Waals surface area contributed by atoms with Crippen LogP contribution in [0.5, 0.6) is 0 Å². The molecule has 1 aromatic rings. The third-order valence-corrected chi connectivity index (χ3v) is 2.96. The minimum atomic E-state index is -1.03. The molecule has 0 saturated heterocycles. The van der Waals surface area contributed by atoms with Crippen LogP contribution in [0.2, 0.25) is 5.02 Å². The van der Waals surface area contributed by atoms with Gasteiger partial charge in [-0.25, -0.2) is 0 Å². The van der Waals surface area contributed by atoms with Crippen LogP contribution in [-0.4, -0.2) is 42.1 Å². The highest BCUT2D eigenvalue weighted by Crippen LogP contribution is 2.12. The predicted octanol–water partition coefficient (Wildman–Crippen LogP) is 2.18. The fourth-order valence-corrected chi connectivity index (χ4v) is 1.86. The van der Waals surface area contributed by atoms with E-state index in [1.807, 2.05) is 0 Å². The number of carboxylic acids is 1. The van der Waals surface area contributed by atoms with Crippen LogP contribution in [0.4, 0.5) is 0 Å². The highest BCUT2D eigenvalue weighted by atomic mass is 35.5. The van der Waals surface area contributed by atoms with Gasteiger partial charge in [-0.05, 0) is 24.1 Å². The molecule has 0 aliphatic rings. The molecular formula is C14H18ClNO4. The Morgan fingerprint density at radius 3 is 2.50 bits per heavy atom. The number of halogens is 1. The van der Waals surface area contributed by atoms with Crippen LogP contribution >= 0.6 is 11.6 Å². The van der Waals surface area contributed by atoms with Crippen molar-refractivity contribution in [1.29, 1.82) is 0 Å². The van der Waals surface area contributed by atoms with E-state index in [0.29, 0.717) is 18.1 Å². The van der Waals surface area contributed by atoms with Crippen molar-refractivity contribution in [1.82, 2.24) is 4.90 Å². The summed E-state index contributed by atoms with van der Waals surface area (Å²) in [5.74, 6) is -1.22. The van der Waals surface area contributed by atoms with Gasteiger partial charge >= 0.3 is 5.97 Å². The van der Waals surface area contributed by atoms with Gasteiger partial charge in [-0.2, -0.15) is 0 Å². The lowest BCUT2D eigenvalue weighted by Gasteiger charge is -2.21. The third kappa shape index (κ3) is 6.04. The largest absolute Gasteiger partial charge is 0.480 e. The standard InChI is InChI=1S/C14H18ClNO4/c1-20-8-2-3-13(17)16(10-14(18)19)9-11-4-6-12(15)7-5-11/h4-7H,2-3,8-10H2,1H3,(H,18,19). The molecule has 0 aromatic heterocycles. The molecule has 0 bridgehead atoms. The summed E-state index contributed by atoms with van der Waals surface area (Å²) in [7, 11) is 1.56. The quantitative estimate of drug-likeness (QED) is 0.747. The van der Waals surface area contributed by atoms with Crippen LogP contribution < -0.4 is 0 Å². The first kappa shape index (κ1) is 16.5. The Labute approximate surface area is 123 Å². The SMILES string of the molecule is COCCCC(=O)N(CC(=O)O)Cc1ccc(Cl)cc1. The molecule has 6 heteroatoms. The lowest BCUT2D eigenvalue weighted by atomic mass is 10.2. The number of carbonyl (C=O) groups is 2. The van der Waals surface area contributed by atoms with Crippen LogP contribution in [0.25, 0.3) is 0 Å². The molecule has 1 N–H and O–H groups in total. The van der Waals surface area contributed by atoms with E-state index in [2.05, 4.69) is 0 Å². The van der Waals surface area contributed by atoms with Crippen LogP contribution in [0.3, 0.4) is 0 Å². The van der Waals surface area contributed by atoms with E-state index in [-0.39, 0.29) is 25.4 Å². The molecule has 20 heavy (non-hydrogen) atoms. The lowest BCUT2D eigenvalue weighted by Crippen LogP contribution is -2.35. The summed E-state index contributed by atoms with van der Waals surface area (Å²) in [6, 6.07) is 6.98. The smallest absolute Gasteiger partial charge is 0.323 e. The van der Waals surface area contributed by atoms with Crippen LogP contribution in [-0.2, 0) is 20.9 Å². The number of hydrogen-bond donors (Lipinski definition) is 1. The Morgan fingerprint density at radius 1 is 1.30 bits per heavy atom. The second-order valence-corrected chi connectivity index (χ2v) is 4.80. The first-order valence-electron chi connectivity index (χ1n) is 6.26. The van der Waals surface area contributed by atoms with Crippen molar-refractivity contribution < 1.29 is 19.4 Å². The highest BCUT2D eigenvalue weighted by molar-refractivity contribution is 6.30. The number of methoxy groups -OCH3 is 1. The van der Waals surface area contributed by atoms with Crippen molar-refractivity contribution in [2.24, 2.45) is 0 Å². The summed E-state index contributed by atoms with van der Waals surface area (Å²) < 4.78 is 4.88. The number of aliphatic carboxylic acids is 1. The average molecular weight is 300 g/mol. The van der Waals surface area contributed by atoms with Gasteiger partial charge in [0.05, 0.1) is 0 Å². The number of nitrogens with zero attached hydrogens (tertiary/aromatic N) is 1. The van der Waals surface area contributed by atoms with Gasteiger partial charge in [0.15, 0.2) is 0 Å². The zero-order chi connectivity index (χ0) is 15.0. The number of hydrogen-bond acceptors (Lipinski definition) is 3. The summed E-state index contributed by atoms with van der Waals surface area (Å²) in [6.45, 7) is 0.428. The van der Waals surface area contributed by atoms with Gasteiger partial charge in [0.25, 0.3) is 0 Å². The van der Waals surface area contributed by atoms with Crippen molar-refractivity contribution in [2.45, 2.75) is 19.4 Å². The third-order valence-electron chi connectivity index (χ3n) is 2.70. The first-order valence-corrected chi connectivity index (χ1v) is 6.63. The van der Waals surface area contributed by atoms with Gasteiger partial charge in [-0.1, -0.05) is 23.7 Å². The van der Waals surface area contributed by atoms with Gasteiger partial charge in [0.2, 0.25) is 5.91 Å². The zero-order valence-corrected chi connectivity index (χ0v) is 12.1. The second kappa shape index (κ2) is 8.55. The molecular weight excluding hydrogens is 282 g/mol. The topological polar surface area (TPSA) is 66.8 Å². The number of rotatable bonds is 8. The molecule has 0 radical (unpaired) electrons. The minimum absolute atomic E-state index is 0.195. The maximum Gasteiger partial charge on any atom is 0.323 e. The van der Waals surface area contributed by atoms with E-state index >= 15 is 0 Å².